The highest BCUT2D eigenvalue weighted by Gasteiger charge is 2.55. The molecular weight excluding hydrogens is 616 g/mol. The van der Waals surface area contributed by atoms with Gasteiger partial charge >= 0.3 is 0 Å². The Kier molecular flexibility index (Phi) is 11.0. The summed E-state index contributed by atoms with van der Waals surface area (Å²) in [4.78, 5) is 20.6. The molecule has 2 aromatic carbocycles. The molecule has 1 aliphatic carbocycles. The van der Waals surface area contributed by atoms with Crippen LogP contribution in [0.2, 0.25) is 5.02 Å². The number of allylic oxidation sites excluding steroid dienone is 3. The minimum Gasteiger partial charge on any atom is -0.490 e. The quantitative estimate of drug-likeness (QED) is 0.226. The summed E-state index contributed by atoms with van der Waals surface area (Å²) in [5.41, 5.74) is 2.22. The van der Waals surface area contributed by atoms with Crippen LogP contribution in [0.25, 0.3) is 5.57 Å². The second-order valence-corrected chi connectivity index (χ2v) is 12.9. The summed E-state index contributed by atoms with van der Waals surface area (Å²) in [5.74, 6) is 0.830. The van der Waals surface area contributed by atoms with Crippen molar-refractivity contribution in [1.29, 1.82) is 5.26 Å². The fraction of sp³-hybridized carbons (Fsp3) is 0.378. The van der Waals surface area contributed by atoms with Gasteiger partial charge in [-0.3, -0.25) is 9.78 Å². The molecule has 2 aliphatic rings. The summed E-state index contributed by atoms with van der Waals surface area (Å²) in [6.07, 6.45) is 11.1. The van der Waals surface area contributed by atoms with Gasteiger partial charge in [0, 0.05) is 54.6 Å². The van der Waals surface area contributed by atoms with Gasteiger partial charge in [-0.2, -0.15) is 5.26 Å². The molecule has 2 heterocycles. The van der Waals surface area contributed by atoms with E-state index < -0.39 is 16.9 Å². The van der Waals surface area contributed by atoms with Gasteiger partial charge in [0.15, 0.2) is 0 Å². The van der Waals surface area contributed by atoms with Crippen LogP contribution < -0.4 is 14.8 Å². The number of ether oxygens (including phenoxy) is 2. The van der Waals surface area contributed by atoms with Crippen molar-refractivity contribution in [3.8, 4) is 17.6 Å². The van der Waals surface area contributed by atoms with Crippen LogP contribution in [0, 0.1) is 22.2 Å². The van der Waals surface area contributed by atoms with Gasteiger partial charge in [0.2, 0.25) is 5.91 Å². The van der Waals surface area contributed by atoms with E-state index in [2.05, 4.69) is 48.4 Å². The Morgan fingerprint density at radius 1 is 1.09 bits per heavy atom. The van der Waals surface area contributed by atoms with Gasteiger partial charge in [-0.25, -0.2) is 0 Å². The first-order valence-electron chi connectivity index (χ1n) is 15.8. The molecule has 9 nitrogen and oxygen atoms in total. The average Bonchev–Trinajstić information content (AvgIpc) is 3.63. The fourth-order valence-corrected chi connectivity index (χ4v) is 6.49. The molecule has 1 amide bonds. The summed E-state index contributed by atoms with van der Waals surface area (Å²) in [7, 11) is 0. The SMILES string of the molecule is CC1(C)C(c2ccccc2)=CC=CC1(COc1cc(OCc2cncc(C#N)c2)c(CNC(CO)CO)cc1Cl)C(=O)N1CCCC1. The molecule has 47 heavy (non-hydrogen) atoms. The van der Waals surface area contributed by atoms with Crippen molar-refractivity contribution in [2.24, 2.45) is 10.8 Å². The van der Waals surface area contributed by atoms with E-state index in [1.165, 1.54) is 6.20 Å². The number of likely N-dealkylation sites (tertiary alicyclic amines) is 1. The number of hydrogen-bond acceptors (Lipinski definition) is 8. The van der Waals surface area contributed by atoms with Crippen LogP contribution in [0.3, 0.4) is 0 Å². The summed E-state index contributed by atoms with van der Waals surface area (Å²) in [6, 6.07) is 16.8. The normalized spacial score (nSPS) is 18.6. The second kappa shape index (κ2) is 15.1. The molecular formula is C37H41ClN4O5. The van der Waals surface area contributed by atoms with Gasteiger partial charge < -0.3 is 29.9 Å². The topological polar surface area (TPSA) is 128 Å². The van der Waals surface area contributed by atoms with Crippen molar-refractivity contribution in [1.82, 2.24) is 15.2 Å². The molecule has 246 valence electrons. The number of aromatic nitrogens is 1. The molecule has 1 aromatic heterocycles. The van der Waals surface area contributed by atoms with Crippen LogP contribution in [0.5, 0.6) is 11.5 Å². The Labute approximate surface area is 281 Å². The molecule has 1 aliphatic heterocycles. The Morgan fingerprint density at radius 2 is 1.83 bits per heavy atom. The lowest BCUT2D eigenvalue weighted by Gasteiger charge is -2.48. The van der Waals surface area contributed by atoms with Gasteiger partial charge in [-0.15, -0.1) is 0 Å². The number of carbonyl (C=O) groups is 1. The van der Waals surface area contributed by atoms with Crippen molar-refractivity contribution in [2.75, 3.05) is 32.9 Å². The number of nitrogens with one attached hydrogen (secondary N) is 1. The first-order chi connectivity index (χ1) is 22.7. The molecule has 0 saturated carbocycles. The van der Waals surface area contributed by atoms with Gasteiger partial charge in [-0.1, -0.05) is 74.0 Å². The number of pyridine rings is 1. The van der Waals surface area contributed by atoms with Crippen molar-refractivity contribution in [2.45, 2.75) is 45.9 Å². The molecule has 1 unspecified atom stereocenters. The third-order valence-electron chi connectivity index (χ3n) is 9.20. The average molecular weight is 657 g/mol. The van der Waals surface area contributed by atoms with Gasteiger partial charge in [-0.05, 0) is 36.1 Å². The molecule has 0 radical (unpaired) electrons. The van der Waals surface area contributed by atoms with Gasteiger partial charge in [0.05, 0.1) is 29.8 Å². The number of benzene rings is 2. The number of rotatable bonds is 13. The number of amides is 1. The fourth-order valence-electron chi connectivity index (χ4n) is 6.25. The van der Waals surface area contributed by atoms with E-state index in [9.17, 15) is 20.3 Å². The van der Waals surface area contributed by atoms with Crippen LogP contribution in [0.15, 0.2) is 79.2 Å². The van der Waals surface area contributed by atoms with Crippen molar-refractivity contribution in [3.05, 3.63) is 106 Å². The maximum absolute atomic E-state index is 14.5. The highest BCUT2D eigenvalue weighted by Crippen LogP contribution is 2.53. The van der Waals surface area contributed by atoms with Crippen LogP contribution >= 0.6 is 11.6 Å². The van der Waals surface area contributed by atoms with E-state index in [1.807, 2.05) is 35.3 Å². The lowest BCUT2D eigenvalue weighted by molar-refractivity contribution is -0.144. The Hall–Kier alpha value is -4.20. The predicted octanol–water partition coefficient (Wildman–Crippen LogP) is 5.30. The predicted molar refractivity (Wildman–Crippen MR) is 181 cm³/mol. The van der Waals surface area contributed by atoms with Gasteiger partial charge in [0.25, 0.3) is 0 Å². The Balaban J connectivity index is 1.48. The van der Waals surface area contributed by atoms with Crippen LogP contribution in [0.1, 0.15) is 48.9 Å². The van der Waals surface area contributed by atoms with Crippen molar-refractivity contribution < 1.29 is 24.5 Å². The highest BCUT2D eigenvalue weighted by atomic mass is 35.5. The second-order valence-electron chi connectivity index (χ2n) is 12.5. The van der Waals surface area contributed by atoms with Crippen LogP contribution in [-0.4, -0.2) is 65.0 Å². The molecule has 10 heteroatoms. The number of nitrogens with zero attached hydrogens (tertiary/aromatic N) is 3. The summed E-state index contributed by atoms with van der Waals surface area (Å²) in [6.45, 7) is 5.53. The first-order valence-corrected chi connectivity index (χ1v) is 16.2. The van der Waals surface area contributed by atoms with Crippen molar-refractivity contribution >= 4 is 23.1 Å². The monoisotopic (exact) mass is 656 g/mol. The molecule has 3 aromatic rings. The molecule has 3 N–H and O–H groups in total. The molecule has 1 fully saturated rings. The number of carbonyl (C=O) groups excluding carboxylic acids is 1. The molecule has 0 bridgehead atoms. The first kappa shape index (κ1) is 34.1. The van der Waals surface area contributed by atoms with E-state index >= 15 is 0 Å². The number of aliphatic hydroxyl groups is 2. The lowest BCUT2D eigenvalue weighted by atomic mass is 9.58. The molecule has 5 rings (SSSR count). The van der Waals surface area contributed by atoms with Crippen LogP contribution in [-0.2, 0) is 17.9 Å². The zero-order chi connectivity index (χ0) is 33.4. The number of halogens is 1. The molecule has 1 saturated heterocycles. The largest absolute Gasteiger partial charge is 0.490 e. The Bertz CT molecular complexity index is 1660. The molecule has 1 atom stereocenters. The number of aliphatic hydroxyl groups excluding tert-OH is 2. The zero-order valence-corrected chi connectivity index (χ0v) is 27.5. The lowest BCUT2D eigenvalue weighted by Crippen LogP contribution is -2.54. The standard InChI is InChI=1S/C37H41ClN4O5/c1-36(2)31(28-9-4-3-5-10-28)11-8-12-37(36,35(45)42-13-6-7-14-42)25-47-34-17-33(46-24-27-15-26(18-39)19-40-20-27)29(16-32(34)38)21-41-30(22-43)23-44/h3-5,8-12,15-17,19-20,30,41,43-44H,6-7,13-14,21-25H2,1-2H3. The van der Waals surface area contributed by atoms with Gasteiger partial charge in [0.1, 0.15) is 36.2 Å². The zero-order valence-electron chi connectivity index (χ0n) is 26.8. The van der Waals surface area contributed by atoms with E-state index in [1.54, 1.807) is 24.4 Å². The highest BCUT2D eigenvalue weighted by molar-refractivity contribution is 6.32. The summed E-state index contributed by atoms with van der Waals surface area (Å²) >= 11 is 6.83. The van der Waals surface area contributed by atoms with E-state index in [0.717, 1.165) is 24.0 Å². The van der Waals surface area contributed by atoms with Crippen LogP contribution in [0.4, 0.5) is 0 Å². The minimum atomic E-state index is -1.03. The summed E-state index contributed by atoms with van der Waals surface area (Å²) in [5, 5.41) is 31.9. The molecule has 0 spiro atoms. The third kappa shape index (κ3) is 7.37. The van der Waals surface area contributed by atoms with E-state index in [0.29, 0.717) is 46.3 Å². The van der Waals surface area contributed by atoms with Crippen molar-refractivity contribution in [3.63, 3.8) is 0 Å². The minimum absolute atomic E-state index is 0.0233. The number of hydrogen-bond donors (Lipinski definition) is 3. The maximum Gasteiger partial charge on any atom is 0.236 e. The third-order valence-corrected chi connectivity index (χ3v) is 9.50. The maximum atomic E-state index is 14.5. The number of nitriles is 1. The smallest absolute Gasteiger partial charge is 0.236 e. The van der Waals surface area contributed by atoms with E-state index in [4.69, 9.17) is 21.1 Å². The Morgan fingerprint density at radius 3 is 2.53 bits per heavy atom. The summed E-state index contributed by atoms with van der Waals surface area (Å²) < 4.78 is 12.8. The van der Waals surface area contributed by atoms with E-state index in [-0.39, 0.29) is 38.9 Å².